The summed E-state index contributed by atoms with van der Waals surface area (Å²) in [5, 5.41) is 2.75. The zero-order chi connectivity index (χ0) is 11.2. The van der Waals surface area contributed by atoms with E-state index in [-0.39, 0.29) is 5.41 Å². The molecule has 0 heterocycles. The van der Waals surface area contributed by atoms with E-state index in [4.69, 9.17) is 0 Å². The lowest BCUT2D eigenvalue weighted by molar-refractivity contribution is 0.590. The van der Waals surface area contributed by atoms with Crippen LogP contribution in [0.4, 0.5) is 0 Å². The second-order valence-electron chi connectivity index (χ2n) is 4.62. The highest BCUT2D eigenvalue weighted by atomic mass is 14.7. The van der Waals surface area contributed by atoms with Gasteiger partial charge in [-0.25, -0.2) is 0 Å². The van der Waals surface area contributed by atoms with Crippen molar-refractivity contribution < 1.29 is 0 Å². The highest BCUT2D eigenvalue weighted by Crippen LogP contribution is 2.21. The summed E-state index contributed by atoms with van der Waals surface area (Å²) in [5.41, 5.74) is 3.02. The molecular formula is C13H23N. The van der Waals surface area contributed by atoms with E-state index in [9.17, 15) is 0 Å². The number of aryl methyl sites for hydroxylation is 1. The monoisotopic (exact) mass is 193 g/mol. The molecular weight excluding hydrogens is 170 g/mol. The molecule has 1 heteroatoms. The molecule has 0 radical (unpaired) electrons. The van der Waals surface area contributed by atoms with Crippen LogP contribution in [-0.4, -0.2) is 14.1 Å². The molecule has 80 valence electrons. The highest BCUT2D eigenvalue weighted by Gasteiger charge is 2.11. The molecule has 1 rings (SSSR count). The number of rotatable bonds is 0. The van der Waals surface area contributed by atoms with Crippen molar-refractivity contribution in [3.05, 3.63) is 35.4 Å². The lowest BCUT2D eigenvalue weighted by Crippen LogP contribution is -2.10. The van der Waals surface area contributed by atoms with Gasteiger partial charge in [-0.05, 0) is 32.0 Å². The summed E-state index contributed by atoms with van der Waals surface area (Å²) < 4.78 is 0. The third-order valence-electron chi connectivity index (χ3n) is 1.92. The van der Waals surface area contributed by atoms with Crippen LogP contribution in [0.1, 0.15) is 31.9 Å². The molecule has 0 spiro atoms. The maximum atomic E-state index is 2.75. The molecule has 0 aliphatic rings. The standard InChI is InChI=1S/C11H16.C2H7N/c1-9-5-7-10(8-6-9)11(2,3)4;1-3-2/h5-8H,1-4H3;3H,1-2H3. The van der Waals surface area contributed by atoms with Crippen LogP contribution in [0, 0.1) is 6.92 Å². The smallest absolute Gasteiger partial charge is 0.0132 e. The van der Waals surface area contributed by atoms with Gasteiger partial charge in [0, 0.05) is 0 Å². The van der Waals surface area contributed by atoms with E-state index in [1.807, 2.05) is 14.1 Å². The Balaban J connectivity index is 0.000000500. The molecule has 0 aliphatic heterocycles. The van der Waals surface area contributed by atoms with Gasteiger partial charge in [0.25, 0.3) is 0 Å². The van der Waals surface area contributed by atoms with Gasteiger partial charge >= 0.3 is 0 Å². The molecule has 0 atom stereocenters. The fourth-order valence-corrected chi connectivity index (χ4v) is 1.05. The van der Waals surface area contributed by atoms with Gasteiger partial charge in [-0.1, -0.05) is 50.6 Å². The van der Waals surface area contributed by atoms with Gasteiger partial charge in [0.2, 0.25) is 0 Å². The zero-order valence-corrected chi connectivity index (χ0v) is 10.3. The maximum Gasteiger partial charge on any atom is -0.0132 e. The minimum atomic E-state index is 0.285. The van der Waals surface area contributed by atoms with Crippen LogP contribution in [0.5, 0.6) is 0 Å². The van der Waals surface area contributed by atoms with Gasteiger partial charge in [-0.3, -0.25) is 0 Å². The predicted molar refractivity (Wildman–Crippen MR) is 64.9 cm³/mol. The second-order valence-corrected chi connectivity index (χ2v) is 4.62. The maximum absolute atomic E-state index is 2.75. The van der Waals surface area contributed by atoms with E-state index in [0.29, 0.717) is 0 Å². The van der Waals surface area contributed by atoms with E-state index in [2.05, 4.69) is 57.3 Å². The molecule has 0 bridgehead atoms. The third-order valence-corrected chi connectivity index (χ3v) is 1.92. The van der Waals surface area contributed by atoms with Gasteiger partial charge in [-0.2, -0.15) is 0 Å². The Hall–Kier alpha value is -0.820. The summed E-state index contributed by atoms with van der Waals surface area (Å²) >= 11 is 0. The largest absolute Gasteiger partial charge is 0.323 e. The SMILES string of the molecule is CNC.Cc1ccc(C(C)(C)C)cc1. The Bertz CT molecular complexity index is 241. The summed E-state index contributed by atoms with van der Waals surface area (Å²) in [6.45, 7) is 8.82. The van der Waals surface area contributed by atoms with E-state index in [0.717, 1.165) is 0 Å². The summed E-state index contributed by atoms with van der Waals surface area (Å²) in [7, 11) is 3.75. The number of hydrogen-bond donors (Lipinski definition) is 1. The summed E-state index contributed by atoms with van der Waals surface area (Å²) in [6, 6.07) is 8.74. The van der Waals surface area contributed by atoms with Crippen molar-refractivity contribution in [1.29, 1.82) is 0 Å². The van der Waals surface area contributed by atoms with E-state index in [1.165, 1.54) is 11.1 Å². The normalized spacial score (nSPS) is 10.4. The quantitative estimate of drug-likeness (QED) is 0.667. The van der Waals surface area contributed by atoms with E-state index < -0.39 is 0 Å². The third kappa shape index (κ3) is 5.03. The molecule has 0 aromatic heterocycles. The molecule has 1 aromatic carbocycles. The van der Waals surface area contributed by atoms with Gasteiger partial charge in [0.1, 0.15) is 0 Å². The second kappa shape index (κ2) is 5.82. The molecule has 0 fully saturated rings. The Morgan fingerprint density at radius 2 is 1.29 bits per heavy atom. The van der Waals surface area contributed by atoms with Crippen LogP contribution in [0.3, 0.4) is 0 Å². The zero-order valence-electron chi connectivity index (χ0n) is 10.3. The van der Waals surface area contributed by atoms with E-state index >= 15 is 0 Å². The molecule has 0 saturated carbocycles. The lowest BCUT2D eigenvalue weighted by atomic mass is 9.87. The van der Waals surface area contributed by atoms with Crippen LogP contribution in [-0.2, 0) is 5.41 Å². The molecule has 0 amide bonds. The Morgan fingerprint density at radius 1 is 0.929 bits per heavy atom. The van der Waals surface area contributed by atoms with Crippen LogP contribution < -0.4 is 5.32 Å². The van der Waals surface area contributed by atoms with Gasteiger partial charge in [-0.15, -0.1) is 0 Å². The minimum absolute atomic E-state index is 0.285. The van der Waals surface area contributed by atoms with Crippen molar-refractivity contribution in [3.8, 4) is 0 Å². The fourth-order valence-electron chi connectivity index (χ4n) is 1.05. The number of nitrogens with one attached hydrogen (secondary N) is 1. The first kappa shape index (κ1) is 13.2. The molecule has 14 heavy (non-hydrogen) atoms. The van der Waals surface area contributed by atoms with Gasteiger partial charge in [0.05, 0.1) is 0 Å². The Labute approximate surface area is 88.5 Å². The first-order valence-corrected chi connectivity index (χ1v) is 5.07. The summed E-state index contributed by atoms with van der Waals surface area (Å²) in [5.74, 6) is 0. The van der Waals surface area contributed by atoms with Crippen molar-refractivity contribution in [2.75, 3.05) is 14.1 Å². The van der Waals surface area contributed by atoms with Crippen molar-refractivity contribution >= 4 is 0 Å². The Kier molecular flexibility index (Phi) is 5.47. The first-order chi connectivity index (χ1) is 6.41. The summed E-state index contributed by atoms with van der Waals surface area (Å²) in [6.07, 6.45) is 0. The summed E-state index contributed by atoms with van der Waals surface area (Å²) in [4.78, 5) is 0. The van der Waals surface area contributed by atoms with Crippen molar-refractivity contribution in [1.82, 2.24) is 5.32 Å². The van der Waals surface area contributed by atoms with E-state index in [1.54, 1.807) is 0 Å². The van der Waals surface area contributed by atoms with Crippen LogP contribution in [0.2, 0.25) is 0 Å². The molecule has 1 N–H and O–H groups in total. The van der Waals surface area contributed by atoms with Crippen molar-refractivity contribution in [2.24, 2.45) is 0 Å². The topological polar surface area (TPSA) is 12.0 Å². The average molecular weight is 193 g/mol. The minimum Gasteiger partial charge on any atom is -0.323 e. The van der Waals surface area contributed by atoms with Crippen molar-refractivity contribution in [2.45, 2.75) is 33.1 Å². The lowest BCUT2D eigenvalue weighted by Gasteiger charge is -2.18. The molecule has 0 aliphatic carbocycles. The highest BCUT2D eigenvalue weighted by molar-refractivity contribution is 5.26. The van der Waals surface area contributed by atoms with Gasteiger partial charge in [0.15, 0.2) is 0 Å². The fraction of sp³-hybridized carbons (Fsp3) is 0.538. The predicted octanol–water partition coefficient (Wildman–Crippen LogP) is 3.13. The number of benzene rings is 1. The average Bonchev–Trinajstić information content (AvgIpc) is 2.04. The molecule has 0 saturated heterocycles. The molecule has 1 nitrogen and oxygen atoms in total. The van der Waals surface area contributed by atoms with Crippen LogP contribution in [0.15, 0.2) is 24.3 Å². The Morgan fingerprint density at radius 3 is 1.57 bits per heavy atom. The molecule has 1 aromatic rings. The molecule has 0 unspecified atom stereocenters. The van der Waals surface area contributed by atoms with Crippen LogP contribution in [0.25, 0.3) is 0 Å². The van der Waals surface area contributed by atoms with Crippen LogP contribution >= 0.6 is 0 Å². The number of hydrogen-bond acceptors (Lipinski definition) is 1. The first-order valence-electron chi connectivity index (χ1n) is 5.07. The van der Waals surface area contributed by atoms with Crippen molar-refractivity contribution in [3.63, 3.8) is 0 Å². The van der Waals surface area contributed by atoms with Gasteiger partial charge < -0.3 is 5.32 Å².